The van der Waals surface area contributed by atoms with E-state index in [1.165, 1.54) is 6.07 Å². The van der Waals surface area contributed by atoms with Crippen molar-refractivity contribution in [2.75, 3.05) is 13.2 Å². The number of nitrogens with one attached hydrogen (secondary N) is 1. The molecule has 3 heteroatoms. The van der Waals surface area contributed by atoms with E-state index in [-0.39, 0.29) is 5.82 Å². The van der Waals surface area contributed by atoms with Crippen LogP contribution < -0.4 is 5.32 Å². The molecule has 2 nitrogen and oxygen atoms in total. The Morgan fingerprint density at radius 3 is 2.94 bits per heavy atom. The van der Waals surface area contributed by atoms with Gasteiger partial charge in [0.15, 0.2) is 0 Å². The molecule has 0 radical (unpaired) electrons. The normalized spacial score (nSPS) is 25.6. The van der Waals surface area contributed by atoms with E-state index in [1.807, 2.05) is 12.1 Å². The van der Waals surface area contributed by atoms with Gasteiger partial charge in [-0.3, -0.25) is 0 Å². The van der Waals surface area contributed by atoms with Gasteiger partial charge in [0.1, 0.15) is 5.82 Å². The Hall–Kier alpha value is -0.930. The quantitative estimate of drug-likeness (QED) is 0.847. The Bertz CT molecular complexity index is 342. The van der Waals surface area contributed by atoms with Crippen LogP contribution in [0.25, 0.3) is 0 Å². The molecule has 0 bridgehead atoms. The lowest BCUT2D eigenvalue weighted by Crippen LogP contribution is -2.47. The van der Waals surface area contributed by atoms with Gasteiger partial charge in [-0.1, -0.05) is 18.2 Å². The van der Waals surface area contributed by atoms with E-state index < -0.39 is 0 Å². The maximum Gasteiger partial charge on any atom is 0.126 e. The maximum absolute atomic E-state index is 13.4. The molecule has 1 aromatic carbocycles. The first-order valence-electron chi connectivity index (χ1n) is 5.83. The standard InChI is InChI=1S/C13H18FNO/c1-10-8-16-9-12(15-10)7-6-11-4-2-3-5-13(11)14/h2-5,10,12,15H,6-9H2,1H3. The molecular weight excluding hydrogens is 205 g/mol. The lowest BCUT2D eigenvalue weighted by molar-refractivity contribution is 0.0482. The van der Waals surface area contributed by atoms with E-state index in [4.69, 9.17) is 4.74 Å². The van der Waals surface area contributed by atoms with Crippen molar-refractivity contribution < 1.29 is 9.13 Å². The summed E-state index contributed by atoms with van der Waals surface area (Å²) in [6.45, 7) is 3.62. The van der Waals surface area contributed by atoms with E-state index in [0.29, 0.717) is 12.1 Å². The van der Waals surface area contributed by atoms with Crippen molar-refractivity contribution in [3.63, 3.8) is 0 Å². The highest BCUT2D eigenvalue weighted by Gasteiger charge is 2.18. The molecule has 2 atom stereocenters. The molecule has 2 rings (SSSR count). The van der Waals surface area contributed by atoms with E-state index in [2.05, 4.69) is 12.2 Å². The number of hydrogen-bond donors (Lipinski definition) is 1. The van der Waals surface area contributed by atoms with Crippen molar-refractivity contribution in [1.82, 2.24) is 5.32 Å². The molecule has 1 aliphatic rings. The molecule has 1 aliphatic heterocycles. The minimum absolute atomic E-state index is 0.104. The van der Waals surface area contributed by atoms with Gasteiger partial charge in [-0.15, -0.1) is 0 Å². The topological polar surface area (TPSA) is 21.3 Å². The highest BCUT2D eigenvalue weighted by Crippen LogP contribution is 2.12. The second kappa shape index (κ2) is 5.41. The van der Waals surface area contributed by atoms with Gasteiger partial charge >= 0.3 is 0 Å². The van der Waals surface area contributed by atoms with Gasteiger partial charge in [0.05, 0.1) is 13.2 Å². The molecule has 1 heterocycles. The van der Waals surface area contributed by atoms with Crippen LogP contribution >= 0.6 is 0 Å². The Kier molecular flexibility index (Phi) is 3.91. The van der Waals surface area contributed by atoms with Crippen LogP contribution in [0, 0.1) is 5.82 Å². The first-order chi connectivity index (χ1) is 7.75. The molecular formula is C13H18FNO. The van der Waals surface area contributed by atoms with E-state index >= 15 is 0 Å². The molecule has 88 valence electrons. The molecule has 0 aromatic heterocycles. The smallest absolute Gasteiger partial charge is 0.126 e. The molecule has 1 aromatic rings. The summed E-state index contributed by atoms with van der Waals surface area (Å²) in [7, 11) is 0. The number of aryl methyl sites for hydroxylation is 1. The van der Waals surface area contributed by atoms with Crippen LogP contribution in [0.5, 0.6) is 0 Å². The van der Waals surface area contributed by atoms with Crippen LogP contribution in [-0.4, -0.2) is 25.3 Å². The zero-order chi connectivity index (χ0) is 11.4. The summed E-state index contributed by atoms with van der Waals surface area (Å²) in [6.07, 6.45) is 1.69. The number of ether oxygens (including phenoxy) is 1. The van der Waals surface area contributed by atoms with Crippen LogP contribution in [0.4, 0.5) is 4.39 Å². The second-order valence-corrected chi connectivity index (χ2v) is 4.43. The van der Waals surface area contributed by atoms with Gasteiger partial charge in [0, 0.05) is 12.1 Å². The second-order valence-electron chi connectivity index (χ2n) is 4.43. The Morgan fingerprint density at radius 1 is 1.38 bits per heavy atom. The van der Waals surface area contributed by atoms with E-state index in [1.54, 1.807) is 6.07 Å². The SMILES string of the molecule is CC1COCC(CCc2ccccc2F)N1. The third-order valence-electron chi connectivity index (χ3n) is 2.93. The Morgan fingerprint density at radius 2 is 2.19 bits per heavy atom. The summed E-state index contributed by atoms with van der Waals surface area (Å²) in [5.74, 6) is -0.104. The van der Waals surface area contributed by atoms with Gasteiger partial charge in [0.25, 0.3) is 0 Å². The van der Waals surface area contributed by atoms with Crippen LogP contribution in [0.1, 0.15) is 18.9 Å². The predicted octanol–water partition coefficient (Wildman–Crippen LogP) is 2.14. The summed E-state index contributed by atoms with van der Waals surface area (Å²) in [5.41, 5.74) is 0.794. The molecule has 1 N–H and O–H groups in total. The number of hydrogen-bond acceptors (Lipinski definition) is 2. The van der Waals surface area contributed by atoms with Gasteiger partial charge in [-0.25, -0.2) is 4.39 Å². The van der Waals surface area contributed by atoms with Crippen molar-refractivity contribution in [2.45, 2.75) is 31.8 Å². The third-order valence-corrected chi connectivity index (χ3v) is 2.93. The molecule has 0 aliphatic carbocycles. The number of morpholine rings is 1. The van der Waals surface area contributed by atoms with Gasteiger partial charge in [-0.2, -0.15) is 0 Å². The largest absolute Gasteiger partial charge is 0.378 e. The molecule has 0 saturated carbocycles. The molecule has 1 saturated heterocycles. The fourth-order valence-corrected chi connectivity index (χ4v) is 2.08. The van der Waals surface area contributed by atoms with Crippen molar-refractivity contribution in [1.29, 1.82) is 0 Å². The van der Waals surface area contributed by atoms with Crippen LogP contribution in [-0.2, 0) is 11.2 Å². The minimum atomic E-state index is -0.104. The van der Waals surface area contributed by atoms with Crippen molar-refractivity contribution in [2.24, 2.45) is 0 Å². The average Bonchev–Trinajstić information content (AvgIpc) is 2.28. The van der Waals surface area contributed by atoms with Crippen LogP contribution in [0.2, 0.25) is 0 Å². The van der Waals surface area contributed by atoms with Crippen LogP contribution in [0.15, 0.2) is 24.3 Å². The van der Waals surface area contributed by atoms with E-state index in [9.17, 15) is 4.39 Å². The Balaban J connectivity index is 1.85. The average molecular weight is 223 g/mol. The summed E-state index contributed by atoms with van der Waals surface area (Å²) >= 11 is 0. The summed E-state index contributed by atoms with van der Waals surface area (Å²) in [4.78, 5) is 0. The zero-order valence-corrected chi connectivity index (χ0v) is 9.58. The van der Waals surface area contributed by atoms with Gasteiger partial charge < -0.3 is 10.1 Å². The summed E-state index contributed by atoms with van der Waals surface area (Å²) < 4.78 is 18.8. The van der Waals surface area contributed by atoms with Crippen molar-refractivity contribution in [3.8, 4) is 0 Å². The first-order valence-corrected chi connectivity index (χ1v) is 5.83. The fourth-order valence-electron chi connectivity index (χ4n) is 2.08. The lowest BCUT2D eigenvalue weighted by atomic mass is 10.0. The molecule has 0 spiro atoms. The number of benzene rings is 1. The molecule has 1 fully saturated rings. The lowest BCUT2D eigenvalue weighted by Gasteiger charge is -2.29. The number of rotatable bonds is 3. The summed E-state index contributed by atoms with van der Waals surface area (Å²) in [6, 6.07) is 7.72. The van der Waals surface area contributed by atoms with Gasteiger partial charge in [0.2, 0.25) is 0 Å². The maximum atomic E-state index is 13.4. The first kappa shape index (κ1) is 11.6. The van der Waals surface area contributed by atoms with Gasteiger partial charge in [-0.05, 0) is 31.4 Å². The molecule has 0 amide bonds. The predicted molar refractivity (Wildman–Crippen MR) is 61.9 cm³/mol. The van der Waals surface area contributed by atoms with Crippen LogP contribution in [0.3, 0.4) is 0 Å². The molecule has 16 heavy (non-hydrogen) atoms. The molecule has 2 unspecified atom stereocenters. The van der Waals surface area contributed by atoms with Crippen molar-refractivity contribution >= 4 is 0 Å². The number of halogens is 1. The monoisotopic (exact) mass is 223 g/mol. The Labute approximate surface area is 95.8 Å². The van der Waals surface area contributed by atoms with Crippen molar-refractivity contribution in [3.05, 3.63) is 35.6 Å². The summed E-state index contributed by atoms with van der Waals surface area (Å²) in [5, 5.41) is 3.46. The highest BCUT2D eigenvalue weighted by molar-refractivity contribution is 5.17. The third kappa shape index (κ3) is 3.03. The van der Waals surface area contributed by atoms with E-state index in [0.717, 1.165) is 31.6 Å². The highest BCUT2D eigenvalue weighted by atomic mass is 19.1. The minimum Gasteiger partial charge on any atom is -0.378 e. The fraction of sp³-hybridized carbons (Fsp3) is 0.538. The zero-order valence-electron chi connectivity index (χ0n) is 9.58.